The molecular weight excluding hydrogens is 282 g/mol. The van der Waals surface area contributed by atoms with E-state index >= 15 is 0 Å². The third-order valence-electron chi connectivity index (χ3n) is 3.40. The molecule has 110 valence electrons. The highest BCUT2D eigenvalue weighted by Crippen LogP contribution is 2.33. The van der Waals surface area contributed by atoms with E-state index in [4.69, 9.17) is 15.2 Å². The Morgan fingerprint density at radius 1 is 1.00 bits per heavy atom. The molecule has 2 aromatic rings. The Balaban J connectivity index is 1.56. The first-order valence-electron chi connectivity index (χ1n) is 7.10. The summed E-state index contributed by atoms with van der Waals surface area (Å²) in [6, 6.07) is 16.4. The van der Waals surface area contributed by atoms with E-state index in [1.165, 1.54) is 5.56 Å². The second kappa shape index (κ2) is 6.87. The number of fused-ring (bicyclic) bond motifs is 1. The largest absolute Gasteiger partial charge is 0.486 e. The Morgan fingerprint density at radius 2 is 1.76 bits per heavy atom. The molecule has 1 aliphatic rings. The molecular formula is C17H19NO2S. The number of thioether (sulfide) groups is 1. The molecule has 0 amide bonds. The second-order valence-corrected chi connectivity index (χ2v) is 6.04. The average molecular weight is 301 g/mol. The van der Waals surface area contributed by atoms with E-state index in [-0.39, 0.29) is 6.04 Å². The smallest absolute Gasteiger partial charge is 0.161 e. The highest BCUT2D eigenvalue weighted by molar-refractivity contribution is 7.98. The predicted octanol–water partition coefficient (Wildman–Crippen LogP) is 3.39. The molecule has 2 N–H and O–H groups in total. The van der Waals surface area contributed by atoms with E-state index in [1.807, 2.05) is 36.0 Å². The van der Waals surface area contributed by atoms with E-state index in [1.54, 1.807) is 0 Å². The van der Waals surface area contributed by atoms with Crippen LogP contribution in [0.2, 0.25) is 0 Å². The van der Waals surface area contributed by atoms with Crippen LogP contribution in [0.4, 0.5) is 0 Å². The molecule has 3 rings (SSSR count). The lowest BCUT2D eigenvalue weighted by atomic mass is 10.1. The lowest BCUT2D eigenvalue weighted by Crippen LogP contribution is -2.17. The molecule has 0 saturated carbocycles. The van der Waals surface area contributed by atoms with Gasteiger partial charge in [-0.1, -0.05) is 36.4 Å². The predicted molar refractivity (Wildman–Crippen MR) is 87.0 cm³/mol. The monoisotopic (exact) mass is 301 g/mol. The lowest BCUT2D eigenvalue weighted by molar-refractivity contribution is 0.171. The van der Waals surface area contributed by atoms with Crippen molar-refractivity contribution < 1.29 is 9.47 Å². The first-order chi connectivity index (χ1) is 10.3. The second-order valence-electron chi connectivity index (χ2n) is 5.01. The van der Waals surface area contributed by atoms with E-state index in [2.05, 4.69) is 24.3 Å². The van der Waals surface area contributed by atoms with Crippen LogP contribution in [0.1, 0.15) is 17.2 Å². The molecule has 21 heavy (non-hydrogen) atoms. The summed E-state index contributed by atoms with van der Waals surface area (Å²) in [6.07, 6.45) is 0. The van der Waals surface area contributed by atoms with Gasteiger partial charge in [0.15, 0.2) is 11.5 Å². The van der Waals surface area contributed by atoms with Gasteiger partial charge in [-0.25, -0.2) is 0 Å². The van der Waals surface area contributed by atoms with Crippen molar-refractivity contribution in [3.05, 3.63) is 59.7 Å². The number of rotatable bonds is 5. The van der Waals surface area contributed by atoms with E-state index in [9.17, 15) is 0 Å². The van der Waals surface area contributed by atoms with Gasteiger partial charge in [-0.3, -0.25) is 0 Å². The normalized spacial score (nSPS) is 14.7. The Bertz CT molecular complexity index is 589. The summed E-state index contributed by atoms with van der Waals surface area (Å²) < 4.78 is 11.1. The van der Waals surface area contributed by atoms with Crippen molar-refractivity contribution in [2.75, 3.05) is 19.0 Å². The summed E-state index contributed by atoms with van der Waals surface area (Å²) in [6.45, 7) is 1.22. The zero-order valence-electron chi connectivity index (χ0n) is 11.8. The van der Waals surface area contributed by atoms with Crippen LogP contribution in [0.15, 0.2) is 48.5 Å². The SMILES string of the molecule is NC(CSCc1ccccc1)c1ccc2c(c1)OCCO2. The Hall–Kier alpha value is -1.65. The van der Waals surface area contributed by atoms with Crippen molar-refractivity contribution in [2.45, 2.75) is 11.8 Å². The van der Waals surface area contributed by atoms with Gasteiger partial charge in [0.1, 0.15) is 13.2 Å². The minimum atomic E-state index is 0.00883. The van der Waals surface area contributed by atoms with Gasteiger partial charge in [-0.05, 0) is 23.3 Å². The molecule has 0 radical (unpaired) electrons. The maximum atomic E-state index is 6.28. The van der Waals surface area contributed by atoms with Crippen molar-refractivity contribution in [1.82, 2.24) is 0 Å². The topological polar surface area (TPSA) is 44.5 Å². The zero-order valence-corrected chi connectivity index (χ0v) is 12.6. The highest BCUT2D eigenvalue weighted by atomic mass is 32.2. The Kier molecular flexibility index (Phi) is 4.68. The van der Waals surface area contributed by atoms with Gasteiger partial charge in [-0.15, -0.1) is 0 Å². The first-order valence-corrected chi connectivity index (χ1v) is 8.25. The molecule has 2 aromatic carbocycles. The maximum absolute atomic E-state index is 6.28. The summed E-state index contributed by atoms with van der Waals surface area (Å²) in [5, 5.41) is 0. The van der Waals surface area contributed by atoms with Crippen molar-refractivity contribution in [1.29, 1.82) is 0 Å². The van der Waals surface area contributed by atoms with Crippen LogP contribution >= 0.6 is 11.8 Å². The Labute approximate surface area is 129 Å². The fraction of sp³-hybridized carbons (Fsp3) is 0.294. The number of benzene rings is 2. The summed E-state index contributed by atoms with van der Waals surface area (Å²) in [5.41, 5.74) is 8.70. The fourth-order valence-electron chi connectivity index (χ4n) is 2.26. The minimum absolute atomic E-state index is 0.00883. The van der Waals surface area contributed by atoms with Crippen molar-refractivity contribution in [2.24, 2.45) is 5.73 Å². The van der Waals surface area contributed by atoms with Crippen molar-refractivity contribution in [3.8, 4) is 11.5 Å². The van der Waals surface area contributed by atoms with Crippen molar-refractivity contribution in [3.63, 3.8) is 0 Å². The highest BCUT2D eigenvalue weighted by Gasteiger charge is 2.14. The third kappa shape index (κ3) is 3.71. The van der Waals surface area contributed by atoms with Gasteiger partial charge >= 0.3 is 0 Å². The summed E-state index contributed by atoms with van der Waals surface area (Å²) >= 11 is 1.85. The van der Waals surface area contributed by atoms with Gasteiger partial charge in [0.05, 0.1) is 0 Å². The van der Waals surface area contributed by atoms with Gasteiger partial charge in [-0.2, -0.15) is 11.8 Å². The van der Waals surface area contributed by atoms with Crippen LogP contribution in [-0.4, -0.2) is 19.0 Å². The molecule has 1 heterocycles. The quantitative estimate of drug-likeness (QED) is 0.919. The first kappa shape index (κ1) is 14.3. The molecule has 1 aliphatic heterocycles. The summed E-state index contributed by atoms with van der Waals surface area (Å²) in [7, 11) is 0. The minimum Gasteiger partial charge on any atom is -0.486 e. The molecule has 1 atom stereocenters. The molecule has 0 aromatic heterocycles. The molecule has 0 saturated heterocycles. The zero-order chi connectivity index (χ0) is 14.5. The van der Waals surface area contributed by atoms with E-state index in [0.717, 1.165) is 28.6 Å². The number of hydrogen-bond acceptors (Lipinski definition) is 4. The van der Waals surface area contributed by atoms with Crippen molar-refractivity contribution >= 4 is 11.8 Å². The maximum Gasteiger partial charge on any atom is 0.161 e. The Morgan fingerprint density at radius 3 is 2.57 bits per heavy atom. The summed E-state index contributed by atoms with van der Waals surface area (Å²) in [5.74, 6) is 3.49. The third-order valence-corrected chi connectivity index (χ3v) is 4.54. The molecule has 0 aliphatic carbocycles. The van der Waals surface area contributed by atoms with Crippen LogP contribution < -0.4 is 15.2 Å². The van der Waals surface area contributed by atoms with Crippen LogP contribution in [0.3, 0.4) is 0 Å². The summed E-state index contributed by atoms with van der Waals surface area (Å²) in [4.78, 5) is 0. The number of hydrogen-bond donors (Lipinski definition) is 1. The lowest BCUT2D eigenvalue weighted by Gasteiger charge is -2.20. The average Bonchev–Trinajstić information content (AvgIpc) is 2.55. The molecule has 0 bridgehead atoms. The molecule has 3 nitrogen and oxygen atoms in total. The van der Waals surface area contributed by atoms with Gasteiger partial charge < -0.3 is 15.2 Å². The fourth-order valence-corrected chi connectivity index (χ4v) is 3.26. The van der Waals surface area contributed by atoms with E-state index < -0.39 is 0 Å². The standard InChI is InChI=1S/C17H19NO2S/c18-15(12-21-11-13-4-2-1-3-5-13)14-6-7-16-17(10-14)20-9-8-19-16/h1-7,10,15H,8-9,11-12,18H2. The molecule has 0 fully saturated rings. The van der Waals surface area contributed by atoms with Crippen LogP contribution in [0, 0.1) is 0 Å². The number of nitrogens with two attached hydrogens (primary N) is 1. The van der Waals surface area contributed by atoms with Gasteiger partial charge in [0.2, 0.25) is 0 Å². The van der Waals surface area contributed by atoms with Gasteiger partial charge in [0.25, 0.3) is 0 Å². The van der Waals surface area contributed by atoms with Gasteiger partial charge in [0, 0.05) is 17.5 Å². The van der Waals surface area contributed by atoms with Crippen LogP contribution in [0.25, 0.3) is 0 Å². The number of ether oxygens (including phenoxy) is 2. The van der Waals surface area contributed by atoms with Crippen LogP contribution in [0.5, 0.6) is 11.5 Å². The van der Waals surface area contributed by atoms with Crippen LogP contribution in [-0.2, 0) is 5.75 Å². The molecule has 4 heteroatoms. The van der Waals surface area contributed by atoms with E-state index in [0.29, 0.717) is 13.2 Å². The molecule has 1 unspecified atom stereocenters. The molecule has 0 spiro atoms.